The maximum absolute atomic E-state index is 11.6. The standard InChI is InChI=1S/C13H19N3O3/c1-4-14-13(17)10(3)15-9(2)11-7-5-6-8-12(11)16(18)19/h5-10,15H,4H2,1-3H3,(H,14,17). The van der Waals surface area contributed by atoms with Crippen molar-refractivity contribution in [1.29, 1.82) is 0 Å². The normalized spacial score (nSPS) is 13.6. The number of hydrogen-bond acceptors (Lipinski definition) is 4. The molecule has 2 unspecified atom stereocenters. The number of rotatable bonds is 6. The molecule has 0 heterocycles. The van der Waals surface area contributed by atoms with Crippen LogP contribution in [0, 0.1) is 10.1 Å². The van der Waals surface area contributed by atoms with E-state index < -0.39 is 11.0 Å². The van der Waals surface area contributed by atoms with Gasteiger partial charge in [-0.1, -0.05) is 18.2 Å². The summed E-state index contributed by atoms with van der Waals surface area (Å²) in [6, 6.07) is 5.85. The second-order valence-electron chi connectivity index (χ2n) is 4.32. The second-order valence-corrected chi connectivity index (χ2v) is 4.32. The number of carbonyl (C=O) groups excluding carboxylic acids is 1. The molecule has 0 aromatic heterocycles. The van der Waals surface area contributed by atoms with Crippen molar-refractivity contribution >= 4 is 11.6 Å². The molecule has 0 aliphatic heterocycles. The minimum atomic E-state index is -0.412. The number of nitrogens with one attached hydrogen (secondary N) is 2. The Bertz CT molecular complexity index is 462. The third kappa shape index (κ3) is 4.03. The van der Waals surface area contributed by atoms with Crippen LogP contribution in [0.2, 0.25) is 0 Å². The summed E-state index contributed by atoms with van der Waals surface area (Å²) in [6.07, 6.45) is 0. The van der Waals surface area contributed by atoms with Crippen LogP contribution < -0.4 is 10.6 Å². The van der Waals surface area contributed by atoms with Crippen LogP contribution in [0.5, 0.6) is 0 Å². The molecule has 6 nitrogen and oxygen atoms in total. The molecule has 104 valence electrons. The zero-order valence-corrected chi connectivity index (χ0v) is 11.3. The van der Waals surface area contributed by atoms with Crippen LogP contribution in [0.15, 0.2) is 24.3 Å². The molecule has 1 aromatic rings. The van der Waals surface area contributed by atoms with Gasteiger partial charge in [-0.05, 0) is 20.8 Å². The van der Waals surface area contributed by atoms with Gasteiger partial charge in [0.25, 0.3) is 5.69 Å². The molecule has 2 atom stereocenters. The molecule has 1 amide bonds. The Morgan fingerprint density at radius 2 is 2.00 bits per heavy atom. The van der Waals surface area contributed by atoms with Gasteiger partial charge in [0.05, 0.1) is 11.0 Å². The van der Waals surface area contributed by atoms with Crippen LogP contribution in [0.25, 0.3) is 0 Å². The quantitative estimate of drug-likeness (QED) is 0.606. The fraction of sp³-hybridized carbons (Fsp3) is 0.462. The number of amides is 1. The number of para-hydroxylation sites is 1. The van der Waals surface area contributed by atoms with E-state index in [9.17, 15) is 14.9 Å². The van der Waals surface area contributed by atoms with Crippen LogP contribution in [0.3, 0.4) is 0 Å². The first kappa shape index (κ1) is 15.1. The van der Waals surface area contributed by atoms with Gasteiger partial charge >= 0.3 is 0 Å². The maximum Gasteiger partial charge on any atom is 0.274 e. The van der Waals surface area contributed by atoms with Gasteiger partial charge in [0.2, 0.25) is 5.91 Å². The van der Waals surface area contributed by atoms with Crippen LogP contribution in [-0.2, 0) is 4.79 Å². The molecule has 6 heteroatoms. The number of nitro benzene ring substituents is 1. The van der Waals surface area contributed by atoms with Gasteiger partial charge in [0, 0.05) is 24.2 Å². The Balaban J connectivity index is 2.81. The van der Waals surface area contributed by atoms with Gasteiger partial charge < -0.3 is 5.32 Å². The highest BCUT2D eigenvalue weighted by Gasteiger charge is 2.21. The molecule has 2 N–H and O–H groups in total. The first-order valence-electron chi connectivity index (χ1n) is 6.24. The van der Waals surface area contributed by atoms with E-state index in [1.165, 1.54) is 6.07 Å². The fourth-order valence-electron chi connectivity index (χ4n) is 1.89. The third-order valence-corrected chi connectivity index (χ3v) is 2.84. The predicted octanol–water partition coefficient (Wildman–Crippen LogP) is 1.77. The Morgan fingerprint density at radius 1 is 1.37 bits per heavy atom. The van der Waals surface area contributed by atoms with Gasteiger partial charge in [0.15, 0.2) is 0 Å². The van der Waals surface area contributed by atoms with Crippen molar-refractivity contribution in [3.63, 3.8) is 0 Å². The lowest BCUT2D eigenvalue weighted by atomic mass is 10.1. The van der Waals surface area contributed by atoms with E-state index >= 15 is 0 Å². The molecule has 0 aliphatic rings. The summed E-state index contributed by atoms with van der Waals surface area (Å²) >= 11 is 0. The Hall–Kier alpha value is -1.95. The monoisotopic (exact) mass is 265 g/mol. The molecule has 0 saturated heterocycles. The zero-order chi connectivity index (χ0) is 14.4. The molecular formula is C13H19N3O3. The van der Waals surface area contributed by atoms with E-state index in [1.54, 1.807) is 32.0 Å². The molecular weight excluding hydrogens is 246 g/mol. The lowest BCUT2D eigenvalue weighted by Crippen LogP contribution is -2.43. The molecule has 1 aromatic carbocycles. The molecule has 0 bridgehead atoms. The number of carbonyl (C=O) groups is 1. The first-order valence-corrected chi connectivity index (χ1v) is 6.24. The number of nitrogens with zero attached hydrogens (tertiary/aromatic N) is 1. The van der Waals surface area contributed by atoms with E-state index in [0.717, 1.165) is 0 Å². The fourth-order valence-corrected chi connectivity index (χ4v) is 1.89. The number of hydrogen-bond donors (Lipinski definition) is 2. The molecule has 0 fully saturated rings. The molecule has 0 saturated carbocycles. The summed E-state index contributed by atoms with van der Waals surface area (Å²) < 4.78 is 0. The Labute approximate surface area is 112 Å². The zero-order valence-electron chi connectivity index (χ0n) is 11.3. The SMILES string of the molecule is CCNC(=O)C(C)NC(C)c1ccccc1[N+](=O)[O-]. The van der Waals surface area contributed by atoms with Gasteiger partial charge in [-0.25, -0.2) is 0 Å². The summed E-state index contributed by atoms with van der Waals surface area (Å²) in [7, 11) is 0. The molecule has 0 aliphatic carbocycles. The third-order valence-electron chi connectivity index (χ3n) is 2.84. The van der Waals surface area contributed by atoms with Crippen molar-refractivity contribution in [2.75, 3.05) is 6.54 Å². The van der Waals surface area contributed by atoms with Crippen molar-refractivity contribution in [3.05, 3.63) is 39.9 Å². The van der Waals surface area contributed by atoms with E-state index in [1.807, 2.05) is 6.92 Å². The molecule has 0 spiro atoms. The van der Waals surface area contributed by atoms with Gasteiger partial charge in [-0.15, -0.1) is 0 Å². The van der Waals surface area contributed by atoms with Crippen LogP contribution in [0.4, 0.5) is 5.69 Å². The van der Waals surface area contributed by atoms with E-state index in [0.29, 0.717) is 12.1 Å². The number of nitro groups is 1. The number of likely N-dealkylation sites (N-methyl/N-ethyl adjacent to an activating group) is 1. The lowest BCUT2D eigenvalue weighted by molar-refractivity contribution is -0.385. The minimum Gasteiger partial charge on any atom is -0.355 e. The smallest absolute Gasteiger partial charge is 0.274 e. The maximum atomic E-state index is 11.6. The average molecular weight is 265 g/mol. The molecule has 0 radical (unpaired) electrons. The van der Waals surface area contributed by atoms with Crippen molar-refractivity contribution in [2.24, 2.45) is 0 Å². The number of benzene rings is 1. The van der Waals surface area contributed by atoms with Crippen molar-refractivity contribution in [2.45, 2.75) is 32.9 Å². The summed E-state index contributed by atoms with van der Waals surface area (Å²) in [6.45, 7) is 5.94. The van der Waals surface area contributed by atoms with Crippen LogP contribution in [-0.4, -0.2) is 23.4 Å². The van der Waals surface area contributed by atoms with E-state index in [4.69, 9.17) is 0 Å². The van der Waals surface area contributed by atoms with Crippen LogP contribution in [0.1, 0.15) is 32.4 Å². The Kier molecular flexibility index (Phi) is 5.44. The van der Waals surface area contributed by atoms with Crippen molar-refractivity contribution in [3.8, 4) is 0 Å². The lowest BCUT2D eigenvalue weighted by Gasteiger charge is -2.19. The topological polar surface area (TPSA) is 84.3 Å². The summed E-state index contributed by atoms with van der Waals surface area (Å²) in [4.78, 5) is 22.2. The summed E-state index contributed by atoms with van der Waals surface area (Å²) in [5.41, 5.74) is 0.634. The Morgan fingerprint density at radius 3 is 2.58 bits per heavy atom. The van der Waals surface area contributed by atoms with Gasteiger partial charge in [-0.3, -0.25) is 20.2 Å². The van der Waals surface area contributed by atoms with Gasteiger partial charge in [0.1, 0.15) is 0 Å². The van der Waals surface area contributed by atoms with Crippen molar-refractivity contribution < 1.29 is 9.72 Å². The summed E-state index contributed by atoms with van der Waals surface area (Å²) in [5, 5.41) is 16.7. The largest absolute Gasteiger partial charge is 0.355 e. The minimum absolute atomic E-state index is 0.0607. The first-order chi connectivity index (χ1) is 8.97. The molecule has 1 rings (SSSR count). The van der Waals surface area contributed by atoms with Crippen molar-refractivity contribution in [1.82, 2.24) is 10.6 Å². The van der Waals surface area contributed by atoms with Crippen LogP contribution >= 0.6 is 0 Å². The highest BCUT2D eigenvalue weighted by atomic mass is 16.6. The second kappa shape index (κ2) is 6.84. The average Bonchev–Trinajstić information content (AvgIpc) is 2.38. The van der Waals surface area contributed by atoms with Gasteiger partial charge in [-0.2, -0.15) is 0 Å². The van der Waals surface area contributed by atoms with E-state index in [-0.39, 0.29) is 17.6 Å². The highest BCUT2D eigenvalue weighted by molar-refractivity contribution is 5.81. The summed E-state index contributed by atoms with van der Waals surface area (Å²) in [5.74, 6) is -0.118. The highest BCUT2D eigenvalue weighted by Crippen LogP contribution is 2.24. The predicted molar refractivity (Wildman–Crippen MR) is 72.8 cm³/mol. The van der Waals surface area contributed by atoms with E-state index in [2.05, 4.69) is 10.6 Å². The molecule has 19 heavy (non-hydrogen) atoms.